The molecule has 4 aromatic rings. The zero-order chi connectivity index (χ0) is 25.0. The minimum atomic E-state index is -4.11. The number of furan rings is 1. The van der Waals surface area contributed by atoms with Crippen LogP contribution in [-0.4, -0.2) is 20.2 Å². The van der Waals surface area contributed by atoms with Gasteiger partial charge >= 0.3 is 0 Å². The van der Waals surface area contributed by atoms with Crippen LogP contribution in [0.2, 0.25) is 0 Å². The number of carbonyl (C=O) groups is 2. The highest BCUT2D eigenvalue weighted by Gasteiger charge is 2.20. The van der Waals surface area contributed by atoms with E-state index in [1.807, 2.05) is 0 Å². The molecule has 1 aromatic heterocycles. The number of halogens is 1. The number of aryl methyl sites for hydroxylation is 1. The van der Waals surface area contributed by atoms with Gasteiger partial charge < -0.3 is 15.1 Å². The van der Waals surface area contributed by atoms with Crippen LogP contribution < -0.4 is 15.4 Å². The third-order valence-corrected chi connectivity index (χ3v) is 6.51. The number of hydrogen-bond acceptors (Lipinski definition) is 5. The molecule has 1 heterocycles. The van der Waals surface area contributed by atoms with Crippen molar-refractivity contribution in [2.75, 3.05) is 15.4 Å². The molecule has 0 fully saturated rings. The predicted octanol–water partition coefficient (Wildman–Crippen LogP) is 5.03. The van der Waals surface area contributed by atoms with Gasteiger partial charge in [-0.3, -0.25) is 14.3 Å². The van der Waals surface area contributed by atoms with E-state index in [2.05, 4.69) is 15.4 Å². The van der Waals surface area contributed by atoms with E-state index >= 15 is 0 Å². The highest BCUT2D eigenvalue weighted by atomic mass is 32.2. The molecule has 0 saturated heterocycles. The second-order valence-electron chi connectivity index (χ2n) is 7.53. The van der Waals surface area contributed by atoms with E-state index in [9.17, 15) is 22.4 Å². The summed E-state index contributed by atoms with van der Waals surface area (Å²) in [6.07, 6.45) is 1.39. The van der Waals surface area contributed by atoms with E-state index in [1.165, 1.54) is 48.7 Å². The van der Waals surface area contributed by atoms with E-state index in [0.29, 0.717) is 11.3 Å². The molecule has 35 heavy (non-hydrogen) atoms. The Hall–Kier alpha value is -4.44. The van der Waals surface area contributed by atoms with Crippen LogP contribution in [0.1, 0.15) is 26.5 Å². The number of sulfonamides is 1. The van der Waals surface area contributed by atoms with E-state index < -0.39 is 27.7 Å². The summed E-state index contributed by atoms with van der Waals surface area (Å²) in [4.78, 5) is 24.6. The fraction of sp³-hybridized carbons (Fsp3) is 0.0400. The minimum absolute atomic E-state index is 0.102. The van der Waals surface area contributed by atoms with Gasteiger partial charge in [-0.2, -0.15) is 0 Å². The smallest absolute Gasteiger partial charge is 0.291 e. The first kappa shape index (κ1) is 23.7. The maximum atomic E-state index is 13.9. The summed E-state index contributed by atoms with van der Waals surface area (Å²) in [5, 5.41) is 5.30. The molecule has 0 radical (unpaired) electrons. The molecular formula is C25H20FN3O5S. The molecular weight excluding hydrogens is 473 g/mol. The lowest BCUT2D eigenvalue weighted by Crippen LogP contribution is -2.17. The summed E-state index contributed by atoms with van der Waals surface area (Å²) < 4.78 is 46.9. The topological polar surface area (TPSA) is 118 Å². The Kier molecular flexibility index (Phi) is 6.65. The summed E-state index contributed by atoms with van der Waals surface area (Å²) in [5.74, 6) is -1.46. The molecule has 0 aliphatic carbocycles. The van der Waals surface area contributed by atoms with Gasteiger partial charge in [-0.15, -0.1) is 0 Å². The second kappa shape index (κ2) is 9.82. The molecule has 8 nitrogen and oxygen atoms in total. The Balaban J connectivity index is 1.47. The summed E-state index contributed by atoms with van der Waals surface area (Å²) in [6.45, 7) is 1.59. The molecule has 0 atom stereocenters. The van der Waals surface area contributed by atoms with Crippen molar-refractivity contribution in [2.45, 2.75) is 11.8 Å². The van der Waals surface area contributed by atoms with Gasteiger partial charge in [0.1, 0.15) is 5.82 Å². The van der Waals surface area contributed by atoms with Crippen molar-refractivity contribution < 1.29 is 26.8 Å². The minimum Gasteiger partial charge on any atom is -0.459 e. The number of rotatable bonds is 7. The molecule has 2 amide bonds. The molecule has 0 saturated carbocycles. The summed E-state index contributed by atoms with van der Waals surface area (Å²) in [5.41, 5.74) is 1.23. The average Bonchev–Trinajstić information content (AvgIpc) is 3.37. The summed E-state index contributed by atoms with van der Waals surface area (Å²) >= 11 is 0. The zero-order valence-electron chi connectivity index (χ0n) is 18.4. The largest absolute Gasteiger partial charge is 0.459 e. The van der Waals surface area contributed by atoms with Crippen LogP contribution in [0.25, 0.3) is 0 Å². The molecule has 10 heteroatoms. The van der Waals surface area contributed by atoms with Crippen LogP contribution in [0.4, 0.5) is 21.5 Å². The Morgan fingerprint density at radius 1 is 0.829 bits per heavy atom. The lowest BCUT2D eigenvalue weighted by atomic mass is 10.1. The lowest BCUT2D eigenvalue weighted by Gasteiger charge is -2.13. The Labute approximate surface area is 200 Å². The molecule has 3 N–H and O–H groups in total. The Morgan fingerprint density at radius 3 is 2.20 bits per heavy atom. The second-order valence-corrected chi connectivity index (χ2v) is 9.18. The van der Waals surface area contributed by atoms with Crippen molar-refractivity contribution in [1.29, 1.82) is 0 Å². The van der Waals surface area contributed by atoms with E-state index in [4.69, 9.17) is 4.42 Å². The first-order valence-electron chi connectivity index (χ1n) is 10.4. The van der Waals surface area contributed by atoms with Crippen LogP contribution in [0.15, 0.2) is 94.4 Å². The van der Waals surface area contributed by atoms with Gasteiger partial charge in [0.05, 0.1) is 16.8 Å². The lowest BCUT2D eigenvalue weighted by molar-refractivity contribution is 0.0995. The maximum absolute atomic E-state index is 13.9. The fourth-order valence-electron chi connectivity index (χ4n) is 3.22. The number of carbonyl (C=O) groups excluding carboxylic acids is 2. The summed E-state index contributed by atoms with van der Waals surface area (Å²) in [6, 6.07) is 19.1. The van der Waals surface area contributed by atoms with Gasteiger partial charge in [0.25, 0.3) is 21.8 Å². The summed E-state index contributed by atoms with van der Waals surface area (Å²) in [7, 11) is -4.11. The van der Waals surface area contributed by atoms with Crippen molar-refractivity contribution in [2.24, 2.45) is 0 Å². The van der Waals surface area contributed by atoms with Crippen molar-refractivity contribution in [1.82, 2.24) is 0 Å². The quantitative estimate of drug-likeness (QED) is 0.334. The first-order valence-corrected chi connectivity index (χ1v) is 11.9. The molecule has 0 unspecified atom stereocenters. The van der Waals surface area contributed by atoms with E-state index in [1.54, 1.807) is 37.3 Å². The van der Waals surface area contributed by atoms with Gasteiger partial charge in [-0.25, -0.2) is 12.8 Å². The van der Waals surface area contributed by atoms with E-state index in [-0.39, 0.29) is 27.6 Å². The molecule has 0 aliphatic rings. The van der Waals surface area contributed by atoms with Crippen LogP contribution in [0.3, 0.4) is 0 Å². The molecule has 4 rings (SSSR count). The molecule has 3 aromatic carbocycles. The maximum Gasteiger partial charge on any atom is 0.291 e. The average molecular weight is 494 g/mol. The van der Waals surface area contributed by atoms with Crippen LogP contribution in [0, 0.1) is 12.7 Å². The van der Waals surface area contributed by atoms with Crippen LogP contribution in [-0.2, 0) is 10.0 Å². The Bertz CT molecular complexity index is 1480. The van der Waals surface area contributed by atoms with E-state index in [0.717, 1.165) is 6.07 Å². The van der Waals surface area contributed by atoms with Crippen LogP contribution in [0.5, 0.6) is 0 Å². The molecule has 0 aliphatic heterocycles. The van der Waals surface area contributed by atoms with Crippen LogP contribution >= 0.6 is 0 Å². The van der Waals surface area contributed by atoms with Crippen molar-refractivity contribution in [3.05, 3.63) is 108 Å². The third-order valence-electron chi connectivity index (χ3n) is 5.00. The first-order chi connectivity index (χ1) is 16.7. The number of hydrogen-bond donors (Lipinski definition) is 3. The van der Waals surface area contributed by atoms with Gasteiger partial charge in [0, 0.05) is 16.9 Å². The van der Waals surface area contributed by atoms with Crippen molar-refractivity contribution >= 4 is 38.9 Å². The highest BCUT2D eigenvalue weighted by molar-refractivity contribution is 7.92. The van der Waals surface area contributed by atoms with Gasteiger partial charge in [0.2, 0.25) is 0 Å². The van der Waals surface area contributed by atoms with Crippen molar-refractivity contribution in [3.8, 4) is 0 Å². The molecule has 0 spiro atoms. The van der Waals surface area contributed by atoms with Gasteiger partial charge in [-0.05, 0) is 73.2 Å². The van der Waals surface area contributed by atoms with Gasteiger partial charge in [-0.1, -0.05) is 18.2 Å². The third kappa shape index (κ3) is 5.56. The van der Waals surface area contributed by atoms with Gasteiger partial charge in [0.15, 0.2) is 5.76 Å². The fourth-order valence-corrected chi connectivity index (χ4v) is 4.56. The number of benzene rings is 3. The Morgan fingerprint density at radius 2 is 1.51 bits per heavy atom. The molecule has 178 valence electrons. The number of anilines is 3. The number of nitrogens with one attached hydrogen (secondary N) is 3. The zero-order valence-corrected chi connectivity index (χ0v) is 19.2. The van der Waals surface area contributed by atoms with Crippen molar-refractivity contribution in [3.63, 3.8) is 0 Å². The number of amides is 2. The highest BCUT2D eigenvalue weighted by Crippen LogP contribution is 2.24. The predicted molar refractivity (Wildman–Crippen MR) is 129 cm³/mol. The normalized spacial score (nSPS) is 11.0. The monoisotopic (exact) mass is 493 g/mol. The molecule has 0 bridgehead atoms. The standard InChI is InChI=1S/C25H20FN3O5S/c1-16-8-11-19(15-23(16)35(32,33)29-21-6-3-2-5-20(21)26)28-24(30)17-9-12-18(13-10-17)27-25(31)22-7-4-14-34-22/h2-15,29H,1H3,(H,27,31)(H,28,30). The SMILES string of the molecule is Cc1ccc(NC(=O)c2ccc(NC(=O)c3ccco3)cc2)cc1S(=O)(=O)Nc1ccccc1F. The number of para-hydroxylation sites is 1.